The van der Waals surface area contributed by atoms with Crippen LogP contribution in [0.2, 0.25) is 0 Å². The van der Waals surface area contributed by atoms with Crippen molar-refractivity contribution < 1.29 is 14.6 Å². The predicted octanol–water partition coefficient (Wildman–Crippen LogP) is 2.54. The fourth-order valence-corrected chi connectivity index (χ4v) is 3.41. The van der Waals surface area contributed by atoms with E-state index in [1.165, 1.54) is 18.4 Å². The number of hydrogen-bond acceptors (Lipinski definition) is 3. The standard InChI is InChI=1S/C14H22O3/c15-13(12-4-2-1-3-5-12)6-8-14(9-7-13)16-10-11-17-14/h4,15H,1-3,5-11H2. The smallest absolute Gasteiger partial charge is 0.168 e. The molecule has 0 aromatic carbocycles. The third kappa shape index (κ3) is 2.16. The van der Waals surface area contributed by atoms with E-state index in [1.54, 1.807) is 0 Å². The molecule has 0 amide bonds. The van der Waals surface area contributed by atoms with Crippen molar-refractivity contribution in [2.45, 2.75) is 62.8 Å². The lowest BCUT2D eigenvalue weighted by molar-refractivity contribution is -0.197. The van der Waals surface area contributed by atoms with E-state index in [2.05, 4.69) is 6.08 Å². The second-order valence-electron chi connectivity index (χ2n) is 5.61. The molecule has 0 aromatic heterocycles. The van der Waals surface area contributed by atoms with Crippen LogP contribution in [-0.4, -0.2) is 29.7 Å². The molecule has 2 aliphatic carbocycles. The van der Waals surface area contributed by atoms with Crippen molar-refractivity contribution in [1.82, 2.24) is 0 Å². The molecule has 2 fully saturated rings. The van der Waals surface area contributed by atoms with Gasteiger partial charge in [-0.2, -0.15) is 0 Å². The average molecular weight is 238 g/mol. The maximum atomic E-state index is 10.8. The third-order valence-corrected chi connectivity index (χ3v) is 4.54. The molecule has 17 heavy (non-hydrogen) atoms. The van der Waals surface area contributed by atoms with Crippen LogP contribution in [0.25, 0.3) is 0 Å². The van der Waals surface area contributed by atoms with Crippen LogP contribution in [0.3, 0.4) is 0 Å². The molecule has 3 rings (SSSR count). The molecule has 3 nitrogen and oxygen atoms in total. The van der Waals surface area contributed by atoms with Gasteiger partial charge in [-0.05, 0) is 44.1 Å². The summed E-state index contributed by atoms with van der Waals surface area (Å²) >= 11 is 0. The first-order valence-electron chi connectivity index (χ1n) is 6.92. The summed E-state index contributed by atoms with van der Waals surface area (Å²) in [6.07, 6.45) is 10.2. The number of ether oxygens (including phenoxy) is 2. The van der Waals surface area contributed by atoms with Gasteiger partial charge in [0.05, 0.1) is 18.8 Å². The van der Waals surface area contributed by atoms with E-state index in [0.29, 0.717) is 13.2 Å². The highest BCUT2D eigenvalue weighted by Gasteiger charge is 2.46. The number of hydrogen-bond donors (Lipinski definition) is 1. The minimum absolute atomic E-state index is 0.360. The highest BCUT2D eigenvalue weighted by Crippen LogP contribution is 2.44. The van der Waals surface area contributed by atoms with Crippen LogP contribution in [0.1, 0.15) is 51.4 Å². The van der Waals surface area contributed by atoms with Crippen LogP contribution in [0, 0.1) is 0 Å². The van der Waals surface area contributed by atoms with Gasteiger partial charge in [0.15, 0.2) is 5.79 Å². The van der Waals surface area contributed by atoms with E-state index in [9.17, 15) is 5.11 Å². The largest absolute Gasteiger partial charge is 0.386 e. The molecule has 0 unspecified atom stereocenters. The van der Waals surface area contributed by atoms with E-state index in [0.717, 1.165) is 38.5 Å². The number of aliphatic hydroxyl groups is 1. The maximum Gasteiger partial charge on any atom is 0.168 e. The van der Waals surface area contributed by atoms with Crippen molar-refractivity contribution >= 4 is 0 Å². The average Bonchev–Trinajstić information content (AvgIpc) is 2.84. The lowest BCUT2D eigenvalue weighted by Gasteiger charge is -2.42. The summed E-state index contributed by atoms with van der Waals surface area (Å²) in [6, 6.07) is 0. The molecular weight excluding hydrogens is 216 g/mol. The van der Waals surface area contributed by atoms with Crippen molar-refractivity contribution in [3.8, 4) is 0 Å². The summed E-state index contributed by atoms with van der Waals surface area (Å²) in [5, 5.41) is 10.8. The van der Waals surface area contributed by atoms with Crippen LogP contribution >= 0.6 is 0 Å². The van der Waals surface area contributed by atoms with Crippen molar-refractivity contribution in [1.29, 1.82) is 0 Å². The maximum absolute atomic E-state index is 10.8. The molecule has 1 spiro atoms. The molecular formula is C14H22O3. The summed E-state index contributed by atoms with van der Waals surface area (Å²) in [4.78, 5) is 0. The molecule has 1 heterocycles. The minimum Gasteiger partial charge on any atom is -0.386 e. The van der Waals surface area contributed by atoms with Crippen LogP contribution in [0.15, 0.2) is 11.6 Å². The summed E-state index contributed by atoms with van der Waals surface area (Å²) in [6.45, 7) is 1.42. The van der Waals surface area contributed by atoms with Crippen molar-refractivity contribution in [3.05, 3.63) is 11.6 Å². The van der Waals surface area contributed by atoms with E-state index in [1.807, 2.05) is 0 Å². The zero-order valence-electron chi connectivity index (χ0n) is 10.4. The Morgan fingerprint density at radius 3 is 2.29 bits per heavy atom. The van der Waals surface area contributed by atoms with Gasteiger partial charge in [-0.25, -0.2) is 0 Å². The fraction of sp³-hybridized carbons (Fsp3) is 0.857. The molecule has 3 aliphatic rings. The third-order valence-electron chi connectivity index (χ3n) is 4.54. The number of rotatable bonds is 1. The molecule has 1 aliphatic heterocycles. The molecule has 1 saturated carbocycles. The van der Waals surface area contributed by atoms with Gasteiger partial charge in [0, 0.05) is 12.8 Å². The molecule has 0 bridgehead atoms. The highest BCUT2D eigenvalue weighted by molar-refractivity contribution is 5.20. The quantitative estimate of drug-likeness (QED) is 0.713. The molecule has 1 N–H and O–H groups in total. The summed E-state index contributed by atoms with van der Waals surface area (Å²) in [5.74, 6) is -0.360. The van der Waals surface area contributed by atoms with E-state index in [-0.39, 0.29) is 5.79 Å². The Balaban J connectivity index is 1.68. The van der Waals surface area contributed by atoms with E-state index < -0.39 is 5.60 Å². The highest BCUT2D eigenvalue weighted by atomic mass is 16.7. The molecule has 96 valence electrons. The van der Waals surface area contributed by atoms with Gasteiger partial charge >= 0.3 is 0 Å². The molecule has 0 radical (unpaired) electrons. The van der Waals surface area contributed by atoms with E-state index in [4.69, 9.17) is 9.47 Å². The molecule has 0 atom stereocenters. The first kappa shape index (κ1) is 11.7. The van der Waals surface area contributed by atoms with Gasteiger partial charge < -0.3 is 14.6 Å². The first-order valence-corrected chi connectivity index (χ1v) is 6.92. The lowest BCUT2D eigenvalue weighted by atomic mass is 9.74. The zero-order chi connectivity index (χ0) is 11.8. The van der Waals surface area contributed by atoms with Crippen LogP contribution in [-0.2, 0) is 9.47 Å². The Morgan fingerprint density at radius 2 is 1.71 bits per heavy atom. The second-order valence-corrected chi connectivity index (χ2v) is 5.61. The second kappa shape index (κ2) is 4.38. The lowest BCUT2D eigenvalue weighted by Crippen LogP contribution is -2.44. The Bertz CT molecular complexity index is 305. The molecule has 3 heteroatoms. The van der Waals surface area contributed by atoms with Crippen LogP contribution < -0.4 is 0 Å². The van der Waals surface area contributed by atoms with Gasteiger partial charge in [0.2, 0.25) is 0 Å². The van der Waals surface area contributed by atoms with Crippen molar-refractivity contribution in [3.63, 3.8) is 0 Å². The first-order chi connectivity index (χ1) is 8.23. The Morgan fingerprint density at radius 1 is 1.00 bits per heavy atom. The zero-order valence-corrected chi connectivity index (χ0v) is 10.4. The van der Waals surface area contributed by atoms with Gasteiger partial charge in [0.25, 0.3) is 0 Å². The van der Waals surface area contributed by atoms with Gasteiger partial charge in [-0.3, -0.25) is 0 Å². The van der Waals surface area contributed by atoms with Gasteiger partial charge in [-0.15, -0.1) is 0 Å². The molecule has 1 saturated heterocycles. The van der Waals surface area contributed by atoms with Crippen LogP contribution in [0.5, 0.6) is 0 Å². The Labute approximate surface area is 103 Å². The topological polar surface area (TPSA) is 38.7 Å². The minimum atomic E-state index is -0.568. The molecule has 0 aromatic rings. The Kier molecular flexibility index (Phi) is 3.01. The predicted molar refractivity (Wildman–Crippen MR) is 64.6 cm³/mol. The number of allylic oxidation sites excluding steroid dienone is 1. The summed E-state index contributed by atoms with van der Waals surface area (Å²) in [5.41, 5.74) is 0.706. The normalized spacial score (nSPS) is 31.5. The van der Waals surface area contributed by atoms with Gasteiger partial charge in [0.1, 0.15) is 0 Å². The fourth-order valence-electron chi connectivity index (χ4n) is 3.41. The van der Waals surface area contributed by atoms with E-state index >= 15 is 0 Å². The van der Waals surface area contributed by atoms with Crippen molar-refractivity contribution in [2.24, 2.45) is 0 Å². The SMILES string of the molecule is OC1(C2=CCCCC2)CCC2(CC1)OCCO2. The summed E-state index contributed by atoms with van der Waals surface area (Å²) in [7, 11) is 0. The van der Waals surface area contributed by atoms with Crippen molar-refractivity contribution in [2.75, 3.05) is 13.2 Å². The summed E-state index contributed by atoms with van der Waals surface area (Å²) < 4.78 is 11.4. The van der Waals surface area contributed by atoms with Gasteiger partial charge in [-0.1, -0.05) is 6.08 Å². The monoisotopic (exact) mass is 238 g/mol. The van der Waals surface area contributed by atoms with Crippen LogP contribution in [0.4, 0.5) is 0 Å². The Hall–Kier alpha value is -0.380.